The van der Waals surface area contributed by atoms with E-state index in [1.165, 1.54) is 24.3 Å². The number of rotatable bonds is 6. The first-order valence-electron chi connectivity index (χ1n) is 7.38. The molecule has 0 spiro atoms. The monoisotopic (exact) mass is 390 g/mol. The second kappa shape index (κ2) is 7.79. The molecule has 2 N–H and O–H groups in total. The van der Waals surface area contributed by atoms with Crippen LogP contribution in [0, 0.1) is 10.1 Å². The Morgan fingerprint density at radius 1 is 1.19 bits per heavy atom. The van der Waals surface area contributed by atoms with Gasteiger partial charge in [0.25, 0.3) is 5.69 Å². The van der Waals surface area contributed by atoms with Crippen LogP contribution < -0.4 is 5.32 Å². The number of carboxylic acids is 1. The van der Waals surface area contributed by atoms with Crippen LogP contribution in [0.25, 0.3) is 6.08 Å². The SMILES string of the molecule is CS(=O)(=O)c1cc(NC(=O)C=Cc2cccc([N+](=O)[O-])c2)cc(C(=O)O)c1. The molecule has 0 heterocycles. The molecular weight excluding hydrogens is 376 g/mol. The summed E-state index contributed by atoms with van der Waals surface area (Å²) in [5.41, 5.74) is -0.0279. The van der Waals surface area contributed by atoms with E-state index in [-0.39, 0.29) is 21.8 Å². The molecule has 9 nitrogen and oxygen atoms in total. The summed E-state index contributed by atoms with van der Waals surface area (Å²) in [6.45, 7) is 0. The Hall–Kier alpha value is -3.53. The molecule has 0 aliphatic rings. The van der Waals surface area contributed by atoms with E-state index in [2.05, 4.69) is 5.32 Å². The number of hydrogen-bond donors (Lipinski definition) is 2. The summed E-state index contributed by atoms with van der Waals surface area (Å²) >= 11 is 0. The van der Waals surface area contributed by atoms with Gasteiger partial charge >= 0.3 is 5.97 Å². The first-order chi connectivity index (χ1) is 12.6. The average molecular weight is 390 g/mol. The molecule has 2 rings (SSSR count). The van der Waals surface area contributed by atoms with Gasteiger partial charge in [-0.05, 0) is 29.8 Å². The minimum atomic E-state index is -3.68. The summed E-state index contributed by atoms with van der Waals surface area (Å²) < 4.78 is 23.3. The second-order valence-electron chi connectivity index (χ2n) is 5.50. The molecule has 0 aliphatic carbocycles. The van der Waals surface area contributed by atoms with E-state index in [1.807, 2.05) is 0 Å². The maximum Gasteiger partial charge on any atom is 0.335 e. The Morgan fingerprint density at radius 2 is 1.89 bits per heavy atom. The number of nitro benzene ring substituents is 1. The van der Waals surface area contributed by atoms with Gasteiger partial charge in [0, 0.05) is 30.2 Å². The predicted molar refractivity (Wildman–Crippen MR) is 97.3 cm³/mol. The van der Waals surface area contributed by atoms with Crippen molar-refractivity contribution in [3.05, 3.63) is 69.8 Å². The van der Waals surface area contributed by atoms with Crippen molar-refractivity contribution in [1.29, 1.82) is 0 Å². The van der Waals surface area contributed by atoms with Crippen molar-refractivity contribution in [2.45, 2.75) is 4.90 Å². The number of nitrogens with zero attached hydrogens (tertiary/aromatic N) is 1. The number of aromatic carboxylic acids is 1. The summed E-state index contributed by atoms with van der Waals surface area (Å²) in [4.78, 5) is 33.1. The van der Waals surface area contributed by atoms with Crippen molar-refractivity contribution in [3.63, 3.8) is 0 Å². The van der Waals surface area contributed by atoms with E-state index in [0.717, 1.165) is 30.5 Å². The van der Waals surface area contributed by atoms with Crippen molar-refractivity contribution in [1.82, 2.24) is 0 Å². The predicted octanol–water partition coefficient (Wildman–Crippen LogP) is 2.35. The summed E-state index contributed by atoms with van der Waals surface area (Å²) in [5.74, 6) is -2.01. The van der Waals surface area contributed by atoms with Crippen molar-refractivity contribution in [2.24, 2.45) is 0 Å². The fourth-order valence-corrected chi connectivity index (χ4v) is 2.79. The molecule has 0 unspecified atom stereocenters. The van der Waals surface area contributed by atoms with E-state index in [0.29, 0.717) is 5.56 Å². The molecule has 1 amide bonds. The topological polar surface area (TPSA) is 144 Å². The molecule has 2 aromatic carbocycles. The molecule has 0 radical (unpaired) electrons. The molecule has 0 atom stereocenters. The number of carbonyl (C=O) groups is 2. The number of carboxylic acid groups (broad SMARTS) is 1. The van der Waals surface area contributed by atoms with Crippen LogP contribution in [0.4, 0.5) is 11.4 Å². The van der Waals surface area contributed by atoms with Gasteiger partial charge in [-0.2, -0.15) is 0 Å². The largest absolute Gasteiger partial charge is 0.478 e. The fourth-order valence-electron chi connectivity index (χ4n) is 2.11. The molecule has 0 bridgehead atoms. The summed E-state index contributed by atoms with van der Waals surface area (Å²) in [6, 6.07) is 8.86. The van der Waals surface area contributed by atoms with E-state index < -0.39 is 26.6 Å². The Morgan fingerprint density at radius 3 is 2.48 bits per heavy atom. The third kappa shape index (κ3) is 5.47. The van der Waals surface area contributed by atoms with E-state index >= 15 is 0 Å². The lowest BCUT2D eigenvalue weighted by Gasteiger charge is -2.07. The smallest absolute Gasteiger partial charge is 0.335 e. The zero-order valence-corrected chi connectivity index (χ0v) is 14.8. The van der Waals surface area contributed by atoms with Crippen LogP contribution in [0.3, 0.4) is 0 Å². The standard InChI is InChI=1S/C17H14N2O7S/c1-27(25,26)15-9-12(17(21)22)8-13(10-15)18-16(20)6-5-11-3-2-4-14(7-11)19(23)24/h2-10H,1H3,(H,18,20)(H,21,22). The van der Waals surface area contributed by atoms with Gasteiger partial charge in [-0.3, -0.25) is 14.9 Å². The highest BCUT2D eigenvalue weighted by Crippen LogP contribution is 2.20. The van der Waals surface area contributed by atoms with Gasteiger partial charge in [-0.1, -0.05) is 12.1 Å². The van der Waals surface area contributed by atoms with Crippen LogP contribution in [-0.2, 0) is 14.6 Å². The number of nitro groups is 1. The molecule has 27 heavy (non-hydrogen) atoms. The van der Waals surface area contributed by atoms with Crippen LogP contribution in [0.2, 0.25) is 0 Å². The first-order valence-corrected chi connectivity index (χ1v) is 9.27. The van der Waals surface area contributed by atoms with Crippen molar-refractivity contribution in [2.75, 3.05) is 11.6 Å². The molecule has 0 aliphatic heterocycles. The number of sulfone groups is 1. The minimum absolute atomic E-state index is 0.0102. The number of non-ortho nitro benzene ring substituents is 1. The number of anilines is 1. The summed E-state index contributed by atoms with van der Waals surface area (Å²) in [6.07, 6.45) is 3.34. The molecule has 0 fully saturated rings. The molecule has 2 aromatic rings. The highest BCUT2D eigenvalue weighted by Gasteiger charge is 2.14. The Kier molecular flexibility index (Phi) is 5.71. The summed E-state index contributed by atoms with van der Waals surface area (Å²) in [7, 11) is -3.68. The van der Waals surface area contributed by atoms with Gasteiger partial charge in [-0.15, -0.1) is 0 Å². The molecule has 0 aromatic heterocycles. The lowest BCUT2D eigenvalue weighted by molar-refractivity contribution is -0.384. The lowest BCUT2D eigenvalue weighted by atomic mass is 10.2. The number of nitrogens with one attached hydrogen (secondary N) is 1. The zero-order valence-electron chi connectivity index (χ0n) is 13.9. The van der Waals surface area contributed by atoms with Crippen molar-refractivity contribution < 1.29 is 28.0 Å². The molecule has 140 valence electrons. The quantitative estimate of drug-likeness (QED) is 0.437. The number of amides is 1. The molecule has 0 saturated carbocycles. The number of carbonyl (C=O) groups excluding carboxylic acids is 1. The van der Waals surface area contributed by atoms with Gasteiger partial charge in [0.05, 0.1) is 15.4 Å². The third-order valence-corrected chi connectivity index (χ3v) is 4.45. The molecule has 10 heteroatoms. The number of benzene rings is 2. The van der Waals surface area contributed by atoms with E-state index in [4.69, 9.17) is 5.11 Å². The van der Waals surface area contributed by atoms with Gasteiger partial charge < -0.3 is 10.4 Å². The first kappa shape index (κ1) is 19.8. The van der Waals surface area contributed by atoms with Crippen molar-refractivity contribution >= 4 is 39.2 Å². The minimum Gasteiger partial charge on any atom is -0.478 e. The Bertz CT molecular complexity index is 1060. The fraction of sp³-hybridized carbons (Fsp3) is 0.0588. The van der Waals surface area contributed by atoms with Crippen LogP contribution in [-0.4, -0.2) is 36.6 Å². The average Bonchev–Trinajstić information content (AvgIpc) is 2.59. The van der Waals surface area contributed by atoms with Crippen LogP contribution in [0.15, 0.2) is 53.4 Å². The molecule has 0 saturated heterocycles. The van der Waals surface area contributed by atoms with Crippen LogP contribution in [0.1, 0.15) is 15.9 Å². The molecular formula is C17H14N2O7S. The Balaban J connectivity index is 2.25. The highest BCUT2D eigenvalue weighted by atomic mass is 32.2. The summed E-state index contributed by atoms with van der Waals surface area (Å²) in [5, 5.41) is 22.2. The van der Waals surface area contributed by atoms with Crippen molar-refractivity contribution in [3.8, 4) is 0 Å². The lowest BCUT2D eigenvalue weighted by Crippen LogP contribution is -2.10. The normalized spacial score (nSPS) is 11.3. The third-order valence-electron chi connectivity index (χ3n) is 3.36. The van der Waals surface area contributed by atoms with E-state index in [9.17, 15) is 28.1 Å². The van der Waals surface area contributed by atoms with E-state index in [1.54, 1.807) is 6.07 Å². The maximum absolute atomic E-state index is 12.0. The van der Waals surface area contributed by atoms with Gasteiger partial charge in [-0.25, -0.2) is 13.2 Å². The van der Waals surface area contributed by atoms with Gasteiger partial charge in [0.1, 0.15) is 0 Å². The van der Waals surface area contributed by atoms with Crippen LogP contribution >= 0.6 is 0 Å². The van der Waals surface area contributed by atoms with Crippen LogP contribution in [0.5, 0.6) is 0 Å². The second-order valence-corrected chi connectivity index (χ2v) is 7.51. The van der Waals surface area contributed by atoms with Gasteiger partial charge in [0.15, 0.2) is 9.84 Å². The van der Waals surface area contributed by atoms with Gasteiger partial charge in [0.2, 0.25) is 5.91 Å². The Labute approximate surface area is 154 Å². The maximum atomic E-state index is 12.0. The number of hydrogen-bond acceptors (Lipinski definition) is 6. The zero-order chi connectivity index (χ0) is 20.2. The highest BCUT2D eigenvalue weighted by molar-refractivity contribution is 7.90.